The third-order valence-corrected chi connectivity index (χ3v) is 3.65. The quantitative estimate of drug-likeness (QED) is 0.919. The van der Waals surface area contributed by atoms with Gasteiger partial charge in [-0.15, -0.1) is 0 Å². The molecule has 2 atom stereocenters. The lowest BCUT2D eigenvalue weighted by Gasteiger charge is -2.37. The van der Waals surface area contributed by atoms with Gasteiger partial charge in [0.05, 0.1) is 22.9 Å². The van der Waals surface area contributed by atoms with E-state index in [1.165, 1.54) is 5.56 Å². The smallest absolute Gasteiger partial charge is 0.0726 e. The van der Waals surface area contributed by atoms with Gasteiger partial charge in [-0.1, -0.05) is 24.6 Å². The first-order valence-corrected chi connectivity index (χ1v) is 7.37. The Labute approximate surface area is 120 Å². The van der Waals surface area contributed by atoms with E-state index >= 15 is 0 Å². The number of benzene rings is 1. The molecule has 2 rings (SSSR count). The molecule has 0 aliphatic carbocycles. The lowest BCUT2D eigenvalue weighted by atomic mass is 10.1. The van der Waals surface area contributed by atoms with E-state index < -0.39 is 0 Å². The van der Waals surface area contributed by atoms with E-state index in [4.69, 9.17) is 16.3 Å². The molecule has 1 N–H and O–H groups in total. The highest BCUT2D eigenvalue weighted by atomic mass is 35.5. The number of halogens is 1. The van der Waals surface area contributed by atoms with E-state index in [1.54, 1.807) is 0 Å². The van der Waals surface area contributed by atoms with Gasteiger partial charge >= 0.3 is 0 Å². The van der Waals surface area contributed by atoms with Gasteiger partial charge in [0.1, 0.15) is 0 Å². The highest BCUT2D eigenvalue weighted by Crippen LogP contribution is 2.29. The van der Waals surface area contributed by atoms with Crippen molar-refractivity contribution in [3.8, 4) is 0 Å². The molecular weight excluding hydrogens is 260 g/mol. The van der Waals surface area contributed by atoms with Gasteiger partial charge in [0.25, 0.3) is 0 Å². The summed E-state index contributed by atoms with van der Waals surface area (Å²) in [4.78, 5) is 2.32. The monoisotopic (exact) mass is 282 g/mol. The minimum absolute atomic E-state index is 0.251. The van der Waals surface area contributed by atoms with Gasteiger partial charge in [0, 0.05) is 19.6 Å². The lowest BCUT2D eigenvalue weighted by Crippen LogP contribution is -2.45. The van der Waals surface area contributed by atoms with Gasteiger partial charge in [-0.25, -0.2) is 0 Å². The first kappa shape index (κ1) is 14.6. The first-order chi connectivity index (χ1) is 9.10. The summed E-state index contributed by atoms with van der Waals surface area (Å²) in [5.41, 5.74) is 2.34. The number of morpholine rings is 1. The number of rotatable bonds is 4. The Kier molecular flexibility index (Phi) is 5.08. The maximum atomic E-state index is 6.43. The average Bonchev–Trinajstić information content (AvgIpc) is 2.35. The molecular formula is C15H23ClN2O. The topological polar surface area (TPSA) is 24.5 Å². The Hall–Kier alpha value is -0.770. The molecule has 106 valence electrons. The molecule has 1 heterocycles. The number of anilines is 1. The van der Waals surface area contributed by atoms with Crippen LogP contribution < -0.4 is 10.2 Å². The third kappa shape index (κ3) is 3.85. The minimum atomic E-state index is 0.251. The van der Waals surface area contributed by atoms with Gasteiger partial charge in [0.2, 0.25) is 0 Å². The molecule has 0 saturated carbocycles. The Morgan fingerprint density at radius 2 is 2.00 bits per heavy atom. The van der Waals surface area contributed by atoms with Crippen molar-refractivity contribution >= 4 is 17.3 Å². The largest absolute Gasteiger partial charge is 0.372 e. The molecule has 0 unspecified atom stereocenters. The molecule has 4 heteroatoms. The van der Waals surface area contributed by atoms with Crippen LogP contribution in [0.1, 0.15) is 26.3 Å². The number of ether oxygens (including phenoxy) is 1. The predicted molar refractivity (Wildman–Crippen MR) is 81.1 cm³/mol. The van der Waals surface area contributed by atoms with Crippen LogP contribution >= 0.6 is 11.6 Å². The molecule has 1 aliphatic heterocycles. The molecule has 1 aromatic rings. The standard InChI is InChI=1S/C15H23ClN2O/c1-4-17-8-13-5-6-15(14(16)7-13)18-9-11(2)19-12(3)10-18/h5-7,11-12,17H,4,8-10H2,1-3H3/t11-,12+. The fraction of sp³-hybridized carbons (Fsp3) is 0.600. The molecule has 1 fully saturated rings. The van der Waals surface area contributed by atoms with E-state index in [0.717, 1.165) is 36.9 Å². The molecule has 3 nitrogen and oxygen atoms in total. The zero-order valence-electron chi connectivity index (χ0n) is 11.9. The van der Waals surface area contributed by atoms with Crippen molar-refractivity contribution in [2.75, 3.05) is 24.5 Å². The second-order valence-electron chi connectivity index (χ2n) is 5.23. The van der Waals surface area contributed by atoms with Crippen LogP contribution in [0.3, 0.4) is 0 Å². The van der Waals surface area contributed by atoms with Gasteiger partial charge in [0.15, 0.2) is 0 Å². The summed E-state index contributed by atoms with van der Waals surface area (Å²) in [5.74, 6) is 0. The Balaban J connectivity index is 2.11. The Morgan fingerprint density at radius 1 is 1.32 bits per heavy atom. The number of nitrogens with zero attached hydrogens (tertiary/aromatic N) is 1. The molecule has 1 aliphatic rings. The summed E-state index contributed by atoms with van der Waals surface area (Å²) < 4.78 is 5.76. The SMILES string of the molecule is CCNCc1ccc(N2C[C@@H](C)O[C@@H](C)C2)c(Cl)c1. The molecule has 19 heavy (non-hydrogen) atoms. The third-order valence-electron chi connectivity index (χ3n) is 3.35. The van der Waals surface area contributed by atoms with Crippen molar-refractivity contribution in [1.29, 1.82) is 0 Å². The van der Waals surface area contributed by atoms with Crippen LogP contribution in [0, 0.1) is 0 Å². The number of hydrogen-bond donors (Lipinski definition) is 1. The van der Waals surface area contributed by atoms with Crippen LogP contribution in [0.15, 0.2) is 18.2 Å². The maximum Gasteiger partial charge on any atom is 0.0726 e. The van der Waals surface area contributed by atoms with E-state index in [9.17, 15) is 0 Å². The fourth-order valence-corrected chi connectivity index (χ4v) is 2.88. The molecule has 0 spiro atoms. The lowest BCUT2D eigenvalue weighted by molar-refractivity contribution is -0.00520. The van der Waals surface area contributed by atoms with Gasteiger partial charge < -0.3 is 15.0 Å². The molecule has 0 radical (unpaired) electrons. The van der Waals surface area contributed by atoms with E-state index in [2.05, 4.69) is 49.2 Å². The van der Waals surface area contributed by atoms with Gasteiger partial charge in [-0.05, 0) is 38.1 Å². The second-order valence-corrected chi connectivity index (χ2v) is 5.64. The van der Waals surface area contributed by atoms with Crippen LogP contribution in [-0.4, -0.2) is 31.8 Å². The van der Waals surface area contributed by atoms with E-state index in [0.29, 0.717) is 0 Å². The van der Waals surface area contributed by atoms with Gasteiger partial charge in [-0.3, -0.25) is 0 Å². The first-order valence-electron chi connectivity index (χ1n) is 6.99. The number of nitrogens with one attached hydrogen (secondary N) is 1. The maximum absolute atomic E-state index is 6.43. The van der Waals surface area contributed by atoms with Crippen LogP contribution in [0.4, 0.5) is 5.69 Å². The molecule has 0 amide bonds. The van der Waals surface area contributed by atoms with Crippen molar-refractivity contribution in [3.63, 3.8) is 0 Å². The van der Waals surface area contributed by atoms with Crippen molar-refractivity contribution in [1.82, 2.24) is 5.32 Å². The van der Waals surface area contributed by atoms with Gasteiger partial charge in [-0.2, -0.15) is 0 Å². The van der Waals surface area contributed by atoms with Crippen molar-refractivity contribution in [2.45, 2.75) is 39.5 Å². The zero-order valence-corrected chi connectivity index (χ0v) is 12.7. The summed E-state index contributed by atoms with van der Waals surface area (Å²) in [5, 5.41) is 4.14. The van der Waals surface area contributed by atoms with Crippen LogP contribution in [0.25, 0.3) is 0 Å². The summed E-state index contributed by atoms with van der Waals surface area (Å²) in [6.07, 6.45) is 0.502. The Morgan fingerprint density at radius 3 is 2.58 bits per heavy atom. The van der Waals surface area contributed by atoms with Crippen molar-refractivity contribution in [2.24, 2.45) is 0 Å². The van der Waals surface area contributed by atoms with E-state index in [1.807, 2.05) is 0 Å². The van der Waals surface area contributed by atoms with Crippen molar-refractivity contribution in [3.05, 3.63) is 28.8 Å². The molecule has 0 aromatic heterocycles. The number of hydrogen-bond acceptors (Lipinski definition) is 3. The van der Waals surface area contributed by atoms with E-state index in [-0.39, 0.29) is 12.2 Å². The average molecular weight is 283 g/mol. The second kappa shape index (κ2) is 6.60. The summed E-state index contributed by atoms with van der Waals surface area (Å²) in [6, 6.07) is 6.33. The van der Waals surface area contributed by atoms with Crippen LogP contribution in [-0.2, 0) is 11.3 Å². The highest BCUT2D eigenvalue weighted by Gasteiger charge is 2.23. The van der Waals surface area contributed by atoms with Crippen LogP contribution in [0.2, 0.25) is 5.02 Å². The Bertz CT molecular complexity index is 415. The molecule has 0 bridgehead atoms. The fourth-order valence-electron chi connectivity index (χ4n) is 2.56. The zero-order chi connectivity index (χ0) is 13.8. The van der Waals surface area contributed by atoms with Crippen LogP contribution in [0.5, 0.6) is 0 Å². The predicted octanol–water partition coefficient (Wildman–Crippen LogP) is 3.06. The minimum Gasteiger partial charge on any atom is -0.372 e. The normalized spacial score (nSPS) is 23.7. The summed E-state index contributed by atoms with van der Waals surface area (Å²) >= 11 is 6.43. The highest BCUT2D eigenvalue weighted by molar-refractivity contribution is 6.33. The van der Waals surface area contributed by atoms with Crippen molar-refractivity contribution < 1.29 is 4.74 Å². The summed E-state index contributed by atoms with van der Waals surface area (Å²) in [6.45, 7) is 9.95. The summed E-state index contributed by atoms with van der Waals surface area (Å²) in [7, 11) is 0. The molecule has 1 aromatic carbocycles. The molecule has 1 saturated heterocycles.